The second-order valence-electron chi connectivity index (χ2n) is 6.49. The summed E-state index contributed by atoms with van der Waals surface area (Å²) in [6.45, 7) is 8.75. The Balaban J connectivity index is 2.07. The molecule has 1 amide bonds. The van der Waals surface area contributed by atoms with Crippen molar-refractivity contribution in [2.24, 2.45) is 5.92 Å². The van der Waals surface area contributed by atoms with Crippen molar-refractivity contribution < 1.29 is 4.79 Å². The van der Waals surface area contributed by atoms with Crippen molar-refractivity contribution in [3.8, 4) is 0 Å². The predicted molar refractivity (Wildman–Crippen MR) is 99.8 cm³/mol. The van der Waals surface area contributed by atoms with Crippen LogP contribution in [0, 0.1) is 5.92 Å². The van der Waals surface area contributed by atoms with Crippen molar-refractivity contribution in [1.29, 1.82) is 0 Å². The molecule has 0 aliphatic carbocycles. The van der Waals surface area contributed by atoms with Crippen LogP contribution in [0.25, 0.3) is 0 Å². The minimum Gasteiger partial charge on any atom is -0.348 e. The lowest BCUT2D eigenvalue weighted by atomic mass is 9.93. The van der Waals surface area contributed by atoms with Crippen molar-refractivity contribution in [3.63, 3.8) is 0 Å². The second kappa shape index (κ2) is 8.30. The lowest BCUT2D eigenvalue weighted by molar-refractivity contribution is -0.121. The third kappa shape index (κ3) is 4.69. The van der Waals surface area contributed by atoms with Crippen LogP contribution < -0.4 is 5.32 Å². The third-order valence-electron chi connectivity index (χ3n) is 4.04. The van der Waals surface area contributed by atoms with Crippen LogP contribution in [-0.4, -0.2) is 28.4 Å². The van der Waals surface area contributed by atoms with Crippen LogP contribution in [0.1, 0.15) is 50.8 Å². The molecule has 2 nitrogen and oxygen atoms in total. The number of benzene rings is 1. The molecule has 0 radical (unpaired) electrons. The van der Waals surface area contributed by atoms with Crippen molar-refractivity contribution in [1.82, 2.24) is 5.32 Å². The highest BCUT2D eigenvalue weighted by atomic mass is 32.2. The van der Waals surface area contributed by atoms with Crippen molar-refractivity contribution in [2.45, 2.75) is 44.9 Å². The van der Waals surface area contributed by atoms with E-state index < -0.39 is 0 Å². The monoisotopic (exact) mass is 337 g/mol. The molecule has 1 aromatic carbocycles. The number of carbonyl (C=O) groups is 1. The lowest BCUT2D eigenvalue weighted by Gasteiger charge is -2.27. The van der Waals surface area contributed by atoms with Crippen LogP contribution in [-0.2, 0) is 4.79 Å². The summed E-state index contributed by atoms with van der Waals surface area (Å²) < 4.78 is 0. The van der Waals surface area contributed by atoms with Gasteiger partial charge in [0.1, 0.15) is 0 Å². The molecule has 1 heterocycles. The normalized spacial score (nSPS) is 20.2. The fourth-order valence-electron chi connectivity index (χ4n) is 2.61. The van der Waals surface area contributed by atoms with Crippen LogP contribution in [0.2, 0.25) is 0 Å². The van der Waals surface area contributed by atoms with Crippen molar-refractivity contribution in [3.05, 3.63) is 35.4 Å². The van der Waals surface area contributed by atoms with Gasteiger partial charge in [-0.1, -0.05) is 52.0 Å². The fourth-order valence-corrected chi connectivity index (χ4v) is 5.17. The molecule has 1 aromatic rings. The number of rotatable bonds is 5. The first kappa shape index (κ1) is 17.7. The first-order valence-corrected chi connectivity index (χ1v) is 10.3. The molecule has 0 bridgehead atoms. The van der Waals surface area contributed by atoms with Gasteiger partial charge in [-0.05, 0) is 23.0 Å². The Kier molecular flexibility index (Phi) is 6.69. The highest BCUT2D eigenvalue weighted by Crippen LogP contribution is 2.27. The summed E-state index contributed by atoms with van der Waals surface area (Å²) in [5.41, 5.74) is 2.55. The van der Waals surface area contributed by atoms with Crippen LogP contribution in [0.3, 0.4) is 0 Å². The quantitative estimate of drug-likeness (QED) is 0.859. The van der Waals surface area contributed by atoms with E-state index in [0.717, 1.165) is 11.5 Å². The Hall–Kier alpha value is -0.610. The van der Waals surface area contributed by atoms with E-state index in [-0.39, 0.29) is 17.2 Å². The SMILES string of the molecule is CC(C)c1ccc(C(NC(=O)C2CSCCS2)C(C)C)cc1. The molecule has 1 saturated heterocycles. The number of hydrogen-bond acceptors (Lipinski definition) is 3. The molecule has 1 N–H and O–H groups in total. The lowest BCUT2D eigenvalue weighted by Crippen LogP contribution is -2.40. The minimum absolute atomic E-state index is 0.0984. The van der Waals surface area contributed by atoms with E-state index in [1.54, 1.807) is 11.8 Å². The van der Waals surface area contributed by atoms with Gasteiger partial charge >= 0.3 is 0 Å². The Morgan fingerprint density at radius 3 is 2.23 bits per heavy atom. The maximum atomic E-state index is 12.5. The maximum Gasteiger partial charge on any atom is 0.234 e. The highest BCUT2D eigenvalue weighted by Gasteiger charge is 2.26. The summed E-state index contributed by atoms with van der Waals surface area (Å²) in [4.78, 5) is 12.5. The Labute approximate surface area is 143 Å². The van der Waals surface area contributed by atoms with Gasteiger partial charge in [-0.3, -0.25) is 4.79 Å². The van der Waals surface area contributed by atoms with Gasteiger partial charge in [-0.25, -0.2) is 0 Å². The molecular formula is C18H27NOS2. The summed E-state index contributed by atoms with van der Waals surface area (Å²) in [5, 5.41) is 3.38. The average Bonchev–Trinajstić information content (AvgIpc) is 2.53. The molecule has 0 spiro atoms. The zero-order valence-electron chi connectivity index (χ0n) is 14.0. The first-order chi connectivity index (χ1) is 10.5. The fraction of sp³-hybridized carbons (Fsp3) is 0.611. The van der Waals surface area contributed by atoms with Crippen LogP contribution in [0.5, 0.6) is 0 Å². The minimum atomic E-state index is 0.0984. The molecule has 0 aromatic heterocycles. The van der Waals surface area contributed by atoms with E-state index in [2.05, 4.69) is 57.3 Å². The van der Waals surface area contributed by atoms with E-state index >= 15 is 0 Å². The van der Waals surface area contributed by atoms with Gasteiger partial charge in [0.2, 0.25) is 5.91 Å². The van der Waals surface area contributed by atoms with Gasteiger partial charge in [-0.15, -0.1) is 11.8 Å². The van der Waals surface area contributed by atoms with Crippen molar-refractivity contribution in [2.75, 3.05) is 17.3 Å². The van der Waals surface area contributed by atoms with Crippen LogP contribution in [0.15, 0.2) is 24.3 Å². The Morgan fingerprint density at radius 1 is 1.09 bits per heavy atom. The molecule has 4 heteroatoms. The molecule has 2 rings (SSSR count). The van der Waals surface area contributed by atoms with Gasteiger partial charge in [-0.2, -0.15) is 11.8 Å². The van der Waals surface area contributed by atoms with Gasteiger partial charge in [0.15, 0.2) is 0 Å². The summed E-state index contributed by atoms with van der Waals surface area (Å²) in [7, 11) is 0. The number of hydrogen-bond donors (Lipinski definition) is 1. The van der Waals surface area contributed by atoms with Gasteiger partial charge < -0.3 is 5.32 Å². The standard InChI is InChI=1S/C18H27NOS2/c1-12(2)14-5-7-15(8-6-14)17(13(3)4)19-18(20)16-11-21-9-10-22-16/h5-8,12-13,16-17H,9-11H2,1-4H3,(H,19,20). The summed E-state index contributed by atoms with van der Waals surface area (Å²) >= 11 is 3.68. The van der Waals surface area contributed by atoms with Gasteiger partial charge in [0, 0.05) is 17.3 Å². The molecule has 22 heavy (non-hydrogen) atoms. The first-order valence-electron chi connectivity index (χ1n) is 8.08. The highest BCUT2D eigenvalue weighted by molar-refractivity contribution is 8.07. The summed E-state index contributed by atoms with van der Waals surface area (Å²) in [5.74, 6) is 4.31. The van der Waals surface area contributed by atoms with E-state index in [4.69, 9.17) is 0 Å². The van der Waals surface area contributed by atoms with Crippen LogP contribution in [0.4, 0.5) is 0 Å². The van der Waals surface area contributed by atoms with E-state index in [1.165, 1.54) is 16.9 Å². The third-order valence-corrected chi connectivity index (χ3v) is 6.79. The largest absolute Gasteiger partial charge is 0.348 e. The zero-order chi connectivity index (χ0) is 16.1. The average molecular weight is 338 g/mol. The molecule has 1 aliphatic rings. The smallest absolute Gasteiger partial charge is 0.234 e. The molecular weight excluding hydrogens is 310 g/mol. The van der Waals surface area contributed by atoms with Crippen LogP contribution >= 0.6 is 23.5 Å². The zero-order valence-corrected chi connectivity index (χ0v) is 15.6. The van der Waals surface area contributed by atoms with Gasteiger partial charge in [0.05, 0.1) is 11.3 Å². The van der Waals surface area contributed by atoms with E-state index in [1.807, 2.05) is 11.8 Å². The van der Waals surface area contributed by atoms with E-state index in [0.29, 0.717) is 11.8 Å². The molecule has 0 saturated carbocycles. The van der Waals surface area contributed by atoms with Crippen molar-refractivity contribution >= 4 is 29.4 Å². The maximum absolute atomic E-state index is 12.5. The Morgan fingerprint density at radius 2 is 1.73 bits per heavy atom. The summed E-state index contributed by atoms with van der Waals surface area (Å²) in [6, 6.07) is 8.81. The molecule has 122 valence electrons. The summed E-state index contributed by atoms with van der Waals surface area (Å²) in [6.07, 6.45) is 0. The molecule has 2 unspecified atom stereocenters. The van der Waals surface area contributed by atoms with Gasteiger partial charge in [0.25, 0.3) is 0 Å². The van der Waals surface area contributed by atoms with E-state index in [9.17, 15) is 4.79 Å². The molecule has 1 aliphatic heterocycles. The number of carbonyl (C=O) groups excluding carboxylic acids is 1. The second-order valence-corrected chi connectivity index (χ2v) is 8.95. The topological polar surface area (TPSA) is 29.1 Å². The number of amides is 1. The predicted octanol–water partition coefficient (Wildman–Crippen LogP) is 4.47. The molecule has 2 atom stereocenters. The number of thioether (sulfide) groups is 2. The number of nitrogens with one attached hydrogen (secondary N) is 1. The Bertz CT molecular complexity index is 478. The molecule has 1 fully saturated rings.